The van der Waals surface area contributed by atoms with E-state index in [1.54, 1.807) is 17.0 Å². The van der Waals surface area contributed by atoms with Crippen molar-refractivity contribution in [2.75, 3.05) is 26.2 Å². The van der Waals surface area contributed by atoms with Crippen LogP contribution >= 0.6 is 12.4 Å². The van der Waals surface area contributed by atoms with Crippen LogP contribution in [0.2, 0.25) is 0 Å². The quantitative estimate of drug-likeness (QED) is 0.769. The van der Waals surface area contributed by atoms with Crippen LogP contribution in [0.4, 0.5) is 0 Å². The van der Waals surface area contributed by atoms with Gasteiger partial charge in [-0.2, -0.15) is 0 Å². The Morgan fingerprint density at radius 2 is 2.26 bits per heavy atom. The third-order valence-corrected chi connectivity index (χ3v) is 4.99. The van der Waals surface area contributed by atoms with Crippen molar-refractivity contribution < 1.29 is 13.2 Å². The number of nitrogens with one attached hydrogen (secondary N) is 2. The number of hydrogen-bond acceptors (Lipinski definition) is 4. The molecule has 1 aliphatic heterocycles. The highest BCUT2D eigenvalue weighted by Crippen LogP contribution is 2.15. The van der Waals surface area contributed by atoms with Crippen LogP contribution in [-0.2, 0) is 10.0 Å². The molecular formula is C15H22ClN3O3S. The highest BCUT2D eigenvalue weighted by molar-refractivity contribution is 7.89. The number of hydrogen-bond donors (Lipinski definition) is 2. The summed E-state index contributed by atoms with van der Waals surface area (Å²) in [7, 11) is -3.63. The van der Waals surface area contributed by atoms with Gasteiger partial charge >= 0.3 is 0 Å². The van der Waals surface area contributed by atoms with E-state index in [0.29, 0.717) is 12.1 Å². The first-order valence-electron chi connectivity index (χ1n) is 7.18. The second-order valence-corrected chi connectivity index (χ2v) is 6.99. The topological polar surface area (TPSA) is 78.5 Å². The fraction of sp³-hybridized carbons (Fsp3) is 0.400. The summed E-state index contributed by atoms with van der Waals surface area (Å²) in [6, 6.07) is 6.21. The van der Waals surface area contributed by atoms with Gasteiger partial charge in [-0.15, -0.1) is 19.0 Å². The molecule has 1 heterocycles. The Bertz CT molecular complexity index is 664. The van der Waals surface area contributed by atoms with Crippen LogP contribution in [0.15, 0.2) is 41.8 Å². The minimum absolute atomic E-state index is 0. The lowest BCUT2D eigenvalue weighted by molar-refractivity contribution is 0.0655. The summed E-state index contributed by atoms with van der Waals surface area (Å²) in [5, 5.41) is 3.22. The minimum atomic E-state index is -3.63. The Morgan fingerprint density at radius 3 is 2.91 bits per heavy atom. The largest absolute Gasteiger partial charge is 0.333 e. The molecule has 1 aliphatic rings. The van der Waals surface area contributed by atoms with E-state index in [9.17, 15) is 13.2 Å². The first kappa shape index (κ1) is 19.6. The molecule has 1 atom stereocenters. The predicted molar refractivity (Wildman–Crippen MR) is 92.4 cm³/mol. The minimum Gasteiger partial charge on any atom is -0.333 e. The number of carbonyl (C=O) groups excluding carboxylic acids is 1. The van der Waals surface area contributed by atoms with Crippen molar-refractivity contribution in [1.82, 2.24) is 14.9 Å². The van der Waals surface area contributed by atoms with E-state index in [4.69, 9.17) is 0 Å². The van der Waals surface area contributed by atoms with Gasteiger partial charge in [-0.05, 0) is 25.1 Å². The smallest absolute Gasteiger partial charge is 0.254 e. The predicted octanol–water partition coefficient (Wildman–Crippen LogP) is 1.01. The summed E-state index contributed by atoms with van der Waals surface area (Å²) in [4.78, 5) is 14.4. The second kappa shape index (κ2) is 8.44. The molecule has 8 heteroatoms. The third-order valence-electron chi connectivity index (χ3n) is 3.57. The number of sulfonamides is 1. The van der Waals surface area contributed by atoms with Crippen LogP contribution in [0.1, 0.15) is 17.3 Å². The molecule has 2 N–H and O–H groups in total. The summed E-state index contributed by atoms with van der Waals surface area (Å²) in [6.45, 7) is 7.70. The maximum atomic E-state index is 12.6. The SMILES string of the molecule is C=CCNS(=O)(=O)c1cccc(C(=O)N2CCNCC2C)c1.Cl. The Morgan fingerprint density at radius 1 is 1.52 bits per heavy atom. The normalized spacial score (nSPS) is 18.1. The van der Waals surface area contributed by atoms with Crippen molar-refractivity contribution in [3.8, 4) is 0 Å². The first-order valence-corrected chi connectivity index (χ1v) is 8.66. The summed E-state index contributed by atoms with van der Waals surface area (Å²) >= 11 is 0. The van der Waals surface area contributed by atoms with Crippen LogP contribution in [0, 0.1) is 0 Å². The summed E-state index contributed by atoms with van der Waals surface area (Å²) in [5.41, 5.74) is 0.384. The van der Waals surface area contributed by atoms with Gasteiger partial charge in [0.2, 0.25) is 10.0 Å². The van der Waals surface area contributed by atoms with Crippen molar-refractivity contribution in [2.24, 2.45) is 0 Å². The highest BCUT2D eigenvalue weighted by Gasteiger charge is 2.25. The van der Waals surface area contributed by atoms with E-state index < -0.39 is 10.0 Å². The number of amides is 1. The molecular weight excluding hydrogens is 338 g/mol. The third kappa shape index (κ3) is 4.78. The molecule has 23 heavy (non-hydrogen) atoms. The Balaban J connectivity index is 0.00000264. The highest BCUT2D eigenvalue weighted by atomic mass is 35.5. The molecule has 1 unspecified atom stereocenters. The van der Waals surface area contributed by atoms with Gasteiger partial charge in [-0.3, -0.25) is 4.79 Å². The van der Waals surface area contributed by atoms with Crippen LogP contribution < -0.4 is 10.0 Å². The number of halogens is 1. The van der Waals surface area contributed by atoms with Crippen molar-refractivity contribution >= 4 is 28.3 Å². The molecule has 128 valence electrons. The van der Waals surface area contributed by atoms with E-state index in [1.165, 1.54) is 18.2 Å². The standard InChI is InChI=1S/C15H21N3O3S.ClH/c1-3-7-17-22(20,21)14-6-4-5-13(10-14)15(19)18-9-8-16-11-12(18)2;/h3-6,10,12,16-17H,1,7-9,11H2,2H3;1H. The Hall–Kier alpha value is -1.41. The van der Waals surface area contributed by atoms with Gasteiger partial charge in [0.25, 0.3) is 5.91 Å². The van der Waals surface area contributed by atoms with Crippen molar-refractivity contribution in [3.05, 3.63) is 42.5 Å². The fourth-order valence-corrected chi connectivity index (χ4v) is 3.40. The van der Waals surface area contributed by atoms with Gasteiger partial charge in [0.05, 0.1) is 4.90 Å². The molecule has 0 aliphatic carbocycles. The van der Waals surface area contributed by atoms with Crippen molar-refractivity contribution in [1.29, 1.82) is 0 Å². The van der Waals surface area contributed by atoms with Gasteiger partial charge in [0.15, 0.2) is 0 Å². The molecule has 1 saturated heterocycles. The summed E-state index contributed by atoms with van der Waals surface area (Å²) in [5.74, 6) is -0.144. The molecule has 1 amide bonds. The zero-order chi connectivity index (χ0) is 16.2. The van der Waals surface area contributed by atoms with Gasteiger partial charge in [0.1, 0.15) is 0 Å². The van der Waals surface area contributed by atoms with E-state index >= 15 is 0 Å². The number of benzene rings is 1. The second-order valence-electron chi connectivity index (χ2n) is 5.22. The molecule has 0 spiro atoms. The Labute approximate surface area is 143 Å². The molecule has 1 fully saturated rings. The van der Waals surface area contributed by atoms with Gasteiger partial charge in [0, 0.05) is 37.8 Å². The van der Waals surface area contributed by atoms with E-state index in [2.05, 4.69) is 16.6 Å². The summed E-state index contributed by atoms with van der Waals surface area (Å²) < 4.78 is 26.6. The summed E-state index contributed by atoms with van der Waals surface area (Å²) in [6.07, 6.45) is 1.47. The molecule has 0 saturated carbocycles. The lowest BCUT2D eigenvalue weighted by Gasteiger charge is -2.34. The maximum absolute atomic E-state index is 12.6. The molecule has 0 aromatic heterocycles. The fourth-order valence-electron chi connectivity index (χ4n) is 2.36. The molecule has 0 bridgehead atoms. The molecule has 2 rings (SSSR count). The van der Waals surface area contributed by atoms with Crippen molar-refractivity contribution in [3.63, 3.8) is 0 Å². The van der Waals surface area contributed by atoms with Crippen LogP contribution in [0.25, 0.3) is 0 Å². The molecule has 6 nitrogen and oxygen atoms in total. The van der Waals surface area contributed by atoms with E-state index in [1.807, 2.05) is 6.92 Å². The van der Waals surface area contributed by atoms with Crippen molar-refractivity contribution in [2.45, 2.75) is 17.9 Å². The van der Waals surface area contributed by atoms with E-state index in [-0.39, 0.29) is 35.8 Å². The number of carbonyl (C=O) groups is 1. The number of rotatable bonds is 5. The van der Waals surface area contributed by atoms with Crippen LogP contribution in [0.5, 0.6) is 0 Å². The molecule has 1 aromatic rings. The van der Waals surface area contributed by atoms with Gasteiger partial charge in [-0.1, -0.05) is 12.1 Å². The zero-order valence-corrected chi connectivity index (χ0v) is 14.6. The van der Waals surface area contributed by atoms with E-state index in [0.717, 1.165) is 13.1 Å². The lowest BCUT2D eigenvalue weighted by atomic mass is 10.1. The maximum Gasteiger partial charge on any atom is 0.254 e. The molecule has 1 aromatic carbocycles. The van der Waals surface area contributed by atoms with Gasteiger partial charge in [-0.25, -0.2) is 13.1 Å². The van der Waals surface area contributed by atoms with Gasteiger partial charge < -0.3 is 10.2 Å². The average molecular weight is 360 g/mol. The molecule has 0 radical (unpaired) electrons. The van der Waals surface area contributed by atoms with Crippen LogP contribution in [-0.4, -0.2) is 51.4 Å². The zero-order valence-electron chi connectivity index (χ0n) is 13.0. The number of nitrogens with zero attached hydrogens (tertiary/aromatic N) is 1. The van der Waals surface area contributed by atoms with Crippen LogP contribution in [0.3, 0.4) is 0 Å². The number of piperazine rings is 1. The Kier molecular flexibility index (Phi) is 7.21. The average Bonchev–Trinajstić information content (AvgIpc) is 2.53. The first-order chi connectivity index (χ1) is 10.5. The lowest BCUT2D eigenvalue weighted by Crippen LogP contribution is -2.52. The monoisotopic (exact) mass is 359 g/mol.